The van der Waals surface area contributed by atoms with Crippen molar-refractivity contribution in [1.29, 1.82) is 0 Å². The van der Waals surface area contributed by atoms with Crippen LogP contribution in [0, 0.1) is 5.92 Å². The van der Waals surface area contributed by atoms with Gasteiger partial charge in [0, 0.05) is 6.54 Å². The standard InChI is InChI=1S/C5H15N3O2S/c6-11(9,10)8-2-1-5-3-7-4-5/h5,7-10H,1-4,6H2. The van der Waals surface area contributed by atoms with Crippen LogP contribution in [0.2, 0.25) is 0 Å². The van der Waals surface area contributed by atoms with E-state index in [2.05, 4.69) is 10.0 Å². The van der Waals surface area contributed by atoms with Gasteiger partial charge >= 0.3 is 0 Å². The average molecular weight is 181 g/mol. The Morgan fingerprint density at radius 3 is 2.55 bits per heavy atom. The van der Waals surface area contributed by atoms with Gasteiger partial charge in [-0.3, -0.25) is 9.11 Å². The molecule has 0 saturated carbocycles. The zero-order valence-electron chi connectivity index (χ0n) is 6.29. The first-order valence-electron chi connectivity index (χ1n) is 3.59. The molecular formula is C5H15N3O2S. The molecule has 0 aromatic carbocycles. The van der Waals surface area contributed by atoms with E-state index in [-0.39, 0.29) is 0 Å². The first-order chi connectivity index (χ1) is 5.08. The predicted octanol–water partition coefficient (Wildman–Crippen LogP) is -0.275. The maximum absolute atomic E-state index is 8.71. The zero-order valence-corrected chi connectivity index (χ0v) is 7.10. The molecule has 1 aliphatic rings. The number of rotatable bonds is 4. The molecule has 1 saturated heterocycles. The van der Waals surface area contributed by atoms with Crippen molar-refractivity contribution >= 4 is 11.0 Å². The quantitative estimate of drug-likeness (QED) is 0.412. The average Bonchev–Trinajstić information content (AvgIpc) is 1.73. The maximum Gasteiger partial charge on any atom is 0.0164 e. The molecule has 0 bridgehead atoms. The summed E-state index contributed by atoms with van der Waals surface area (Å²) >= 11 is 0. The van der Waals surface area contributed by atoms with E-state index in [1.54, 1.807) is 0 Å². The molecular weight excluding hydrogens is 166 g/mol. The molecule has 5 nitrogen and oxygen atoms in total. The van der Waals surface area contributed by atoms with Gasteiger partial charge in [-0.1, -0.05) is 11.0 Å². The summed E-state index contributed by atoms with van der Waals surface area (Å²) in [6, 6.07) is 0. The third-order valence-corrected chi connectivity index (χ3v) is 2.36. The molecule has 1 fully saturated rings. The van der Waals surface area contributed by atoms with Crippen molar-refractivity contribution in [3.8, 4) is 0 Å². The fourth-order valence-corrected chi connectivity index (χ4v) is 1.38. The Balaban J connectivity index is 1.95. The van der Waals surface area contributed by atoms with Gasteiger partial charge in [0.1, 0.15) is 0 Å². The maximum atomic E-state index is 8.71. The van der Waals surface area contributed by atoms with Gasteiger partial charge in [0.05, 0.1) is 0 Å². The molecule has 0 aromatic heterocycles. The third-order valence-electron chi connectivity index (χ3n) is 1.73. The van der Waals surface area contributed by atoms with Crippen LogP contribution in [0.3, 0.4) is 0 Å². The minimum absolute atomic E-state index is 0.575. The van der Waals surface area contributed by atoms with Crippen molar-refractivity contribution in [2.45, 2.75) is 6.42 Å². The molecule has 0 atom stereocenters. The summed E-state index contributed by atoms with van der Waals surface area (Å²) in [6.07, 6.45) is 0.945. The van der Waals surface area contributed by atoms with Crippen LogP contribution < -0.4 is 15.2 Å². The number of nitrogens with two attached hydrogens (primary N) is 1. The molecule has 68 valence electrons. The van der Waals surface area contributed by atoms with Gasteiger partial charge in [-0.05, 0) is 25.4 Å². The molecule has 6 heteroatoms. The second-order valence-corrected chi connectivity index (χ2v) is 4.27. The molecule has 0 aliphatic carbocycles. The third kappa shape index (κ3) is 3.90. The topological polar surface area (TPSA) is 90.5 Å². The molecule has 0 aromatic rings. The minimum atomic E-state index is -2.97. The van der Waals surface area contributed by atoms with Crippen molar-refractivity contribution in [1.82, 2.24) is 10.0 Å². The smallest absolute Gasteiger partial charge is 0.0164 e. The van der Waals surface area contributed by atoms with Gasteiger partial charge in [-0.15, -0.1) is 0 Å². The van der Waals surface area contributed by atoms with Crippen molar-refractivity contribution in [3.05, 3.63) is 0 Å². The molecule has 1 aliphatic heterocycles. The van der Waals surface area contributed by atoms with Crippen molar-refractivity contribution < 1.29 is 9.11 Å². The highest BCUT2D eigenvalue weighted by Crippen LogP contribution is 2.21. The van der Waals surface area contributed by atoms with Gasteiger partial charge < -0.3 is 5.32 Å². The van der Waals surface area contributed by atoms with Crippen LogP contribution in [0.1, 0.15) is 6.42 Å². The van der Waals surface area contributed by atoms with Crippen LogP contribution in [0.5, 0.6) is 0 Å². The van der Waals surface area contributed by atoms with Crippen molar-refractivity contribution in [3.63, 3.8) is 0 Å². The van der Waals surface area contributed by atoms with E-state index in [1.165, 1.54) is 0 Å². The molecule has 0 amide bonds. The Labute approximate surface area is 68.0 Å². The highest BCUT2D eigenvalue weighted by molar-refractivity contribution is 8.20. The fourth-order valence-electron chi connectivity index (χ4n) is 0.966. The highest BCUT2D eigenvalue weighted by Gasteiger charge is 2.16. The molecule has 0 spiro atoms. The normalized spacial score (nSPS) is 21.4. The van der Waals surface area contributed by atoms with E-state index in [4.69, 9.17) is 14.2 Å². The van der Waals surface area contributed by atoms with Crippen LogP contribution in [0.15, 0.2) is 0 Å². The Hall–Kier alpha value is 0.150. The minimum Gasteiger partial charge on any atom is -0.316 e. The van der Waals surface area contributed by atoms with Crippen LogP contribution in [-0.4, -0.2) is 28.7 Å². The van der Waals surface area contributed by atoms with E-state index in [9.17, 15) is 0 Å². The first-order valence-corrected chi connectivity index (χ1v) is 5.20. The summed E-state index contributed by atoms with van der Waals surface area (Å²) in [5.74, 6) is 0.671. The SMILES string of the molecule is NS(O)(O)NCCC1CNC1. The summed E-state index contributed by atoms with van der Waals surface area (Å²) in [6.45, 7) is 2.64. The van der Waals surface area contributed by atoms with E-state index in [0.29, 0.717) is 12.5 Å². The van der Waals surface area contributed by atoms with Gasteiger partial charge in [0.25, 0.3) is 0 Å². The van der Waals surface area contributed by atoms with Gasteiger partial charge in [0.15, 0.2) is 0 Å². The van der Waals surface area contributed by atoms with E-state index in [1.807, 2.05) is 0 Å². The van der Waals surface area contributed by atoms with Crippen LogP contribution in [0.25, 0.3) is 0 Å². The van der Waals surface area contributed by atoms with E-state index >= 15 is 0 Å². The van der Waals surface area contributed by atoms with Gasteiger partial charge in [0.2, 0.25) is 0 Å². The van der Waals surface area contributed by atoms with E-state index in [0.717, 1.165) is 19.5 Å². The molecule has 0 unspecified atom stereocenters. The first kappa shape index (κ1) is 9.24. The summed E-state index contributed by atoms with van der Waals surface area (Å²) in [7, 11) is -2.97. The summed E-state index contributed by atoms with van der Waals surface area (Å²) in [5, 5.41) is 8.08. The Morgan fingerprint density at radius 2 is 2.18 bits per heavy atom. The van der Waals surface area contributed by atoms with Crippen LogP contribution in [0.4, 0.5) is 0 Å². The second kappa shape index (κ2) is 3.70. The lowest BCUT2D eigenvalue weighted by atomic mass is 10.00. The van der Waals surface area contributed by atoms with Gasteiger partial charge in [-0.25, -0.2) is 9.86 Å². The molecule has 6 N–H and O–H groups in total. The lowest BCUT2D eigenvalue weighted by Crippen LogP contribution is -2.43. The molecule has 0 radical (unpaired) electrons. The predicted molar refractivity (Wildman–Crippen MR) is 46.0 cm³/mol. The molecule has 11 heavy (non-hydrogen) atoms. The highest BCUT2D eigenvalue weighted by atomic mass is 32.3. The number of hydrogen-bond donors (Lipinski definition) is 5. The Kier molecular flexibility index (Phi) is 3.11. The zero-order chi connectivity index (χ0) is 8.32. The summed E-state index contributed by atoms with van der Waals surface area (Å²) < 4.78 is 19.9. The number of nitrogens with one attached hydrogen (secondary N) is 2. The monoisotopic (exact) mass is 181 g/mol. The van der Waals surface area contributed by atoms with Crippen molar-refractivity contribution in [2.24, 2.45) is 11.1 Å². The molecule has 1 rings (SSSR count). The van der Waals surface area contributed by atoms with E-state index < -0.39 is 11.0 Å². The molecule has 1 heterocycles. The largest absolute Gasteiger partial charge is 0.316 e. The second-order valence-electron chi connectivity index (χ2n) is 2.80. The lowest BCUT2D eigenvalue weighted by Gasteiger charge is -2.30. The fraction of sp³-hybridized carbons (Fsp3) is 1.00. The number of hydrogen-bond acceptors (Lipinski definition) is 5. The van der Waals surface area contributed by atoms with Crippen LogP contribution >= 0.6 is 11.0 Å². The Morgan fingerprint density at radius 1 is 1.55 bits per heavy atom. The lowest BCUT2D eigenvalue weighted by molar-refractivity contribution is 0.326. The summed E-state index contributed by atoms with van der Waals surface area (Å²) in [5.41, 5.74) is 0. The van der Waals surface area contributed by atoms with Gasteiger partial charge in [-0.2, -0.15) is 0 Å². The van der Waals surface area contributed by atoms with Crippen molar-refractivity contribution in [2.75, 3.05) is 19.6 Å². The Bertz CT molecular complexity index is 123. The summed E-state index contributed by atoms with van der Waals surface area (Å²) in [4.78, 5) is 0. The van der Waals surface area contributed by atoms with Crippen LogP contribution in [-0.2, 0) is 0 Å².